The lowest BCUT2D eigenvalue weighted by Gasteiger charge is -2.01. The maximum Gasteiger partial charge on any atom is 0.371 e. The van der Waals surface area contributed by atoms with E-state index in [2.05, 4.69) is 0 Å². The number of carboxylic acids is 1. The molecule has 0 radical (unpaired) electrons. The zero-order valence-electron chi connectivity index (χ0n) is 8.08. The van der Waals surface area contributed by atoms with Crippen LogP contribution in [0.1, 0.15) is 10.4 Å². The van der Waals surface area contributed by atoms with E-state index in [1.165, 1.54) is 0 Å². The summed E-state index contributed by atoms with van der Waals surface area (Å²) in [6, 6.07) is 0.532. The number of aliphatic hydroxyl groups excluding tert-OH is 1. The van der Waals surface area contributed by atoms with Gasteiger partial charge in [0, 0.05) is 18.2 Å². The van der Waals surface area contributed by atoms with Crippen LogP contribution in [0.5, 0.6) is 0 Å². The molecule has 90 valence electrons. The molecule has 0 saturated heterocycles. The van der Waals surface area contributed by atoms with E-state index in [1.807, 2.05) is 0 Å². The lowest BCUT2D eigenvalue weighted by molar-refractivity contribution is -0.135. The Hall–Kier alpha value is -2.31. The lowest BCUT2D eigenvalue weighted by atomic mass is 10.1. The van der Waals surface area contributed by atoms with E-state index in [4.69, 9.17) is 10.2 Å². The van der Waals surface area contributed by atoms with Crippen molar-refractivity contribution in [3.8, 4) is 0 Å². The third kappa shape index (κ3) is 2.83. The quantitative estimate of drug-likeness (QED) is 0.484. The van der Waals surface area contributed by atoms with Crippen LogP contribution in [0.3, 0.4) is 0 Å². The van der Waals surface area contributed by atoms with E-state index < -0.39 is 40.5 Å². The molecular weight excluding hydrogens is 241 g/mol. The van der Waals surface area contributed by atoms with Gasteiger partial charge in [-0.05, 0) is 0 Å². The molecule has 17 heavy (non-hydrogen) atoms. The highest BCUT2D eigenvalue weighted by Gasteiger charge is 2.19. The Morgan fingerprint density at radius 1 is 1.06 bits per heavy atom. The number of aliphatic carboxylic acids is 1. The van der Waals surface area contributed by atoms with Crippen molar-refractivity contribution in [3.63, 3.8) is 0 Å². The van der Waals surface area contributed by atoms with Gasteiger partial charge in [-0.3, -0.25) is 4.79 Å². The number of halogens is 3. The van der Waals surface area contributed by atoms with Crippen LogP contribution in [0.25, 0.3) is 0 Å². The van der Waals surface area contributed by atoms with Crippen LogP contribution in [0.2, 0.25) is 0 Å². The fourth-order valence-electron chi connectivity index (χ4n) is 1.04. The van der Waals surface area contributed by atoms with Crippen LogP contribution >= 0.6 is 0 Å². The van der Waals surface area contributed by atoms with Gasteiger partial charge in [-0.25, -0.2) is 18.0 Å². The van der Waals surface area contributed by atoms with Crippen LogP contribution in [0.4, 0.5) is 13.2 Å². The third-order valence-corrected chi connectivity index (χ3v) is 1.74. The van der Waals surface area contributed by atoms with Gasteiger partial charge in [0.2, 0.25) is 5.76 Å². The summed E-state index contributed by atoms with van der Waals surface area (Å²) in [6.45, 7) is 0. The van der Waals surface area contributed by atoms with E-state index in [0.717, 1.165) is 0 Å². The molecule has 1 aromatic carbocycles. The number of carbonyl (C=O) groups excluding carboxylic acids is 1. The molecule has 0 bridgehead atoms. The van der Waals surface area contributed by atoms with Crippen molar-refractivity contribution in [1.29, 1.82) is 0 Å². The van der Waals surface area contributed by atoms with Crippen LogP contribution in [-0.4, -0.2) is 22.0 Å². The molecule has 0 fully saturated rings. The molecule has 0 amide bonds. The minimum absolute atomic E-state index is 0.127. The first-order valence-corrected chi connectivity index (χ1v) is 4.15. The molecule has 0 aliphatic rings. The Balaban J connectivity index is 3.23. The van der Waals surface area contributed by atoms with Gasteiger partial charge in [0.05, 0.1) is 5.56 Å². The van der Waals surface area contributed by atoms with Crippen molar-refractivity contribution in [1.82, 2.24) is 0 Å². The van der Waals surface area contributed by atoms with Gasteiger partial charge in [-0.2, -0.15) is 0 Å². The molecule has 4 nitrogen and oxygen atoms in total. The number of ketones is 1. The first kappa shape index (κ1) is 12.8. The predicted octanol–water partition coefficient (Wildman–Crippen LogP) is 1.81. The van der Waals surface area contributed by atoms with Gasteiger partial charge >= 0.3 is 5.97 Å². The van der Waals surface area contributed by atoms with Crippen LogP contribution < -0.4 is 0 Å². The third-order valence-electron chi connectivity index (χ3n) is 1.74. The zero-order valence-corrected chi connectivity index (χ0v) is 8.08. The highest BCUT2D eigenvalue weighted by molar-refractivity contribution is 6.08. The number of aliphatic hydroxyl groups is 1. The second kappa shape index (κ2) is 4.69. The second-order valence-corrected chi connectivity index (χ2v) is 2.94. The number of hydrogen-bond acceptors (Lipinski definition) is 3. The maximum absolute atomic E-state index is 13.1. The fourth-order valence-corrected chi connectivity index (χ4v) is 1.04. The van der Waals surface area contributed by atoms with Gasteiger partial charge in [-0.1, -0.05) is 0 Å². The van der Waals surface area contributed by atoms with E-state index in [-0.39, 0.29) is 18.2 Å². The fraction of sp³-hybridized carbons (Fsp3) is 0. The van der Waals surface area contributed by atoms with Crippen LogP contribution in [0.15, 0.2) is 24.0 Å². The molecule has 0 aliphatic carbocycles. The van der Waals surface area contributed by atoms with E-state index in [1.54, 1.807) is 0 Å². The van der Waals surface area contributed by atoms with Crippen molar-refractivity contribution in [2.24, 2.45) is 0 Å². The van der Waals surface area contributed by atoms with Gasteiger partial charge in [0.1, 0.15) is 17.5 Å². The molecule has 0 aliphatic heterocycles. The number of benzene rings is 1. The molecule has 0 heterocycles. The highest BCUT2D eigenvalue weighted by Crippen LogP contribution is 2.16. The standard InChI is InChI=1S/C10H5F3O4/c11-4-1-5(12)9(6(13)2-4)7(14)3-8(15)10(16)17/h1-3,15H,(H,16,17)/b8-3-. The smallest absolute Gasteiger partial charge is 0.371 e. The minimum atomic E-state index is -1.83. The lowest BCUT2D eigenvalue weighted by Crippen LogP contribution is -2.08. The highest BCUT2D eigenvalue weighted by atomic mass is 19.1. The number of carbonyl (C=O) groups is 2. The first-order valence-electron chi connectivity index (χ1n) is 4.15. The summed E-state index contributed by atoms with van der Waals surface area (Å²) in [6.07, 6.45) is 0.127. The Morgan fingerprint density at radius 3 is 1.94 bits per heavy atom. The van der Waals surface area contributed by atoms with E-state index in [9.17, 15) is 22.8 Å². The zero-order chi connectivity index (χ0) is 13.2. The Bertz CT molecular complexity index is 499. The minimum Gasteiger partial charge on any atom is -0.502 e. The summed E-state index contributed by atoms with van der Waals surface area (Å²) in [4.78, 5) is 21.4. The summed E-state index contributed by atoms with van der Waals surface area (Å²) in [5.74, 6) is -8.81. The SMILES string of the molecule is O=C(O)/C(O)=C/C(=O)c1c(F)cc(F)cc1F. The Morgan fingerprint density at radius 2 is 1.53 bits per heavy atom. The molecule has 0 atom stereocenters. The summed E-state index contributed by atoms with van der Waals surface area (Å²) >= 11 is 0. The first-order chi connectivity index (χ1) is 7.82. The van der Waals surface area contributed by atoms with E-state index >= 15 is 0 Å². The average molecular weight is 246 g/mol. The Labute approximate surface area is 92.6 Å². The van der Waals surface area contributed by atoms with Crippen LogP contribution in [0, 0.1) is 17.5 Å². The van der Waals surface area contributed by atoms with Gasteiger partial charge in [0.25, 0.3) is 0 Å². The van der Waals surface area contributed by atoms with Crippen molar-refractivity contribution < 1.29 is 33.0 Å². The number of rotatable bonds is 3. The van der Waals surface area contributed by atoms with Crippen LogP contribution in [-0.2, 0) is 4.79 Å². The van der Waals surface area contributed by atoms with Gasteiger partial charge < -0.3 is 10.2 Å². The predicted molar refractivity (Wildman–Crippen MR) is 49.0 cm³/mol. The number of carboxylic acid groups (broad SMARTS) is 1. The molecule has 0 spiro atoms. The number of hydrogen-bond donors (Lipinski definition) is 2. The van der Waals surface area contributed by atoms with Gasteiger partial charge in [0.15, 0.2) is 5.78 Å². The monoisotopic (exact) mass is 246 g/mol. The molecule has 1 rings (SSSR count). The summed E-state index contributed by atoms with van der Waals surface area (Å²) in [5, 5.41) is 17.0. The topological polar surface area (TPSA) is 74.6 Å². The largest absolute Gasteiger partial charge is 0.502 e. The Kier molecular flexibility index (Phi) is 3.52. The van der Waals surface area contributed by atoms with Crippen molar-refractivity contribution >= 4 is 11.8 Å². The summed E-state index contributed by atoms with van der Waals surface area (Å²) in [5.41, 5.74) is -1.14. The molecule has 1 aromatic rings. The van der Waals surface area contributed by atoms with E-state index in [0.29, 0.717) is 0 Å². The van der Waals surface area contributed by atoms with Crippen molar-refractivity contribution in [2.45, 2.75) is 0 Å². The molecule has 0 unspecified atom stereocenters. The van der Waals surface area contributed by atoms with Crippen molar-refractivity contribution in [3.05, 3.63) is 47.0 Å². The molecule has 0 saturated carbocycles. The normalized spacial score (nSPS) is 11.4. The molecular formula is C10H5F3O4. The molecule has 0 aromatic heterocycles. The second-order valence-electron chi connectivity index (χ2n) is 2.94. The maximum atomic E-state index is 13.1. The summed E-state index contributed by atoms with van der Waals surface area (Å²) < 4.78 is 38.6. The van der Waals surface area contributed by atoms with Gasteiger partial charge in [-0.15, -0.1) is 0 Å². The molecule has 2 N–H and O–H groups in total. The summed E-state index contributed by atoms with van der Waals surface area (Å²) in [7, 11) is 0. The molecule has 7 heteroatoms. The number of allylic oxidation sites excluding steroid dienone is 1. The van der Waals surface area contributed by atoms with Crippen molar-refractivity contribution in [2.75, 3.05) is 0 Å². The average Bonchev–Trinajstić information content (AvgIpc) is 2.15.